The van der Waals surface area contributed by atoms with Gasteiger partial charge in [-0.05, 0) is 75.9 Å². The average Bonchev–Trinajstić information content (AvgIpc) is 3.64. The molecule has 3 N–H and O–H groups in total. The first-order valence-electron chi connectivity index (χ1n) is 22.6. The van der Waals surface area contributed by atoms with Gasteiger partial charge < -0.3 is 53.4 Å². The van der Waals surface area contributed by atoms with Gasteiger partial charge in [0, 0.05) is 57.1 Å². The van der Waals surface area contributed by atoms with Crippen LogP contribution >= 0.6 is 0 Å². The summed E-state index contributed by atoms with van der Waals surface area (Å²) in [7, 11) is 1.66. The summed E-state index contributed by atoms with van der Waals surface area (Å²) in [6.07, 6.45) is -7.49. The zero-order valence-electron chi connectivity index (χ0n) is 38.9. The Morgan fingerprint density at radius 2 is 1.76 bits per heavy atom. The fraction of sp³-hybridized carbons (Fsp3) is 0.646. The third kappa shape index (κ3) is 8.29. The number of ether oxygens (including phenoxy) is 8. The second kappa shape index (κ2) is 17.5. The van der Waals surface area contributed by atoms with E-state index >= 15 is 4.39 Å². The molecule has 2 aromatic rings. The third-order valence-electron chi connectivity index (χ3n) is 14.8. The number of nitrogens with one attached hydrogen (secondary N) is 1. The minimum absolute atomic E-state index is 0.0515. The Kier molecular flexibility index (Phi) is 12.7. The third-order valence-corrected chi connectivity index (χ3v) is 14.8. The van der Waals surface area contributed by atoms with Crippen molar-refractivity contribution in [2.45, 2.75) is 147 Å². The SMILES string of the molecule is COC1CN(C[C@@H]2O[C@@H]3C4=C(C)[C@@H](OC(=O)[C@H](O)[C@@H](NC(=O)OC(C)(C)C)c5ncccc5F)C[C@@](O)([C@@H](OC(=O)c5ccccc5)[C@H]5[C@@](C)(CC[C@H]6OC[C@]65OC(C)=O)[C@@H]3O2)C4(C)C)C1. The molecule has 12 atom stereocenters. The largest absolute Gasteiger partial charge is 0.456 e. The molecule has 66 heavy (non-hydrogen) atoms. The minimum atomic E-state index is -2.25. The molecule has 3 aliphatic heterocycles. The summed E-state index contributed by atoms with van der Waals surface area (Å²) >= 11 is 0. The Bertz CT molecular complexity index is 2230. The van der Waals surface area contributed by atoms with Crippen LogP contribution in [0.25, 0.3) is 0 Å². The predicted octanol–water partition coefficient (Wildman–Crippen LogP) is 4.33. The van der Waals surface area contributed by atoms with Crippen molar-refractivity contribution in [3.05, 3.63) is 76.9 Å². The number of hydrogen-bond donors (Lipinski definition) is 3. The van der Waals surface area contributed by atoms with E-state index in [-0.39, 0.29) is 18.3 Å². The number of methoxy groups -OCH3 is 1. The summed E-state index contributed by atoms with van der Waals surface area (Å²) < 4.78 is 65.7. The monoisotopic (exact) mass is 923 g/mol. The highest BCUT2D eigenvalue weighted by Crippen LogP contribution is 2.66. The Hall–Kier alpha value is -4.56. The van der Waals surface area contributed by atoms with E-state index in [0.717, 1.165) is 6.07 Å². The second-order valence-corrected chi connectivity index (χ2v) is 20.4. The Morgan fingerprint density at radius 1 is 1.05 bits per heavy atom. The Labute approximate surface area is 383 Å². The number of aliphatic hydroxyl groups is 2. The number of pyridine rings is 1. The van der Waals surface area contributed by atoms with E-state index in [1.807, 2.05) is 6.92 Å². The molecular formula is C48H62FN3O14. The fourth-order valence-corrected chi connectivity index (χ4v) is 11.5. The highest BCUT2D eigenvalue weighted by Gasteiger charge is 2.77. The van der Waals surface area contributed by atoms with Gasteiger partial charge in [0.2, 0.25) is 0 Å². The number of likely N-dealkylation sites (tertiary alicyclic amines) is 1. The highest BCUT2D eigenvalue weighted by atomic mass is 19.1. The summed E-state index contributed by atoms with van der Waals surface area (Å²) in [5.74, 6) is -4.57. The van der Waals surface area contributed by atoms with Crippen LogP contribution in [0.15, 0.2) is 59.8 Å². The molecule has 3 aliphatic carbocycles. The number of halogens is 1. The molecule has 1 amide bonds. The van der Waals surface area contributed by atoms with Gasteiger partial charge in [-0.15, -0.1) is 0 Å². The van der Waals surface area contributed by atoms with Crippen LogP contribution in [0.1, 0.15) is 96.7 Å². The molecule has 2 bridgehead atoms. The number of benzene rings is 1. The van der Waals surface area contributed by atoms with Crippen LogP contribution in [0.4, 0.5) is 9.18 Å². The molecule has 4 heterocycles. The number of hydrogen-bond acceptors (Lipinski definition) is 16. The molecule has 0 unspecified atom stereocenters. The van der Waals surface area contributed by atoms with E-state index in [4.69, 9.17) is 37.9 Å². The van der Waals surface area contributed by atoms with Crippen LogP contribution < -0.4 is 5.32 Å². The van der Waals surface area contributed by atoms with E-state index in [1.165, 1.54) is 19.2 Å². The lowest BCUT2D eigenvalue weighted by Crippen LogP contribution is -2.79. The second-order valence-electron chi connectivity index (χ2n) is 20.4. The van der Waals surface area contributed by atoms with Gasteiger partial charge in [0.15, 0.2) is 18.0 Å². The number of esters is 3. The maximum absolute atomic E-state index is 15.4. The smallest absolute Gasteiger partial charge is 0.408 e. The van der Waals surface area contributed by atoms with E-state index < -0.39 is 124 Å². The van der Waals surface area contributed by atoms with Crippen molar-refractivity contribution >= 4 is 24.0 Å². The molecular weight excluding hydrogens is 862 g/mol. The van der Waals surface area contributed by atoms with Crippen LogP contribution in [-0.4, -0.2) is 143 Å². The first-order valence-corrected chi connectivity index (χ1v) is 22.6. The Balaban J connectivity index is 1.26. The molecule has 17 nitrogen and oxygen atoms in total. The maximum Gasteiger partial charge on any atom is 0.408 e. The summed E-state index contributed by atoms with van der Waals surface area (Å²) in [6.45, 7) is 15.1. The zero-order chi connectivity index (χ0) is 47.7. The lowest BCUT2D eigenvalue weighted by Gasteiger charge is -2.68. The first-order chi connectivity index (χ1) is 31.0. The molecule has 360 valence electrons. The van der Waals surface area contributed by atoms with Gasteiger partial charge in [-0.1, -0.05) is 39.0 Å². The molecule has 3 saturated heterocycles. The normalized spacial score (nSPS) is 34.6. The van der Waals surface area contributed by atoms with Gasteiger partial charge in [-0.2, -0.15) is 0 Å². The number of fused-ring (bicyclic) bond motifs is 8. The van der Waals surface area contributed by atoms with E-state index in [1.54, 1.807) is 79.0 Å². The first kappa shape index (κ1) is 47.9. The average molecular weight is 924 g/mol. The summed E-state index contributed by atoms with van der Waals surface area (Å²) in [5.41, 5.74) is -6.20. The summed E-state index contributed by atoms with van der Waals surface area (Å²) in [4.78, 5) is 61.4. The van der Waals surface area contributed by atoms with Crippen LogP contribution in [0.3, 0.4) is 0 Å². The topological polar surface area (TPSA) is 211 Å². The quantitative estimate of drug-likeness (QED) is 0.163. The van der Waals surface area contributed by atoms with Gasteiger partial charge in [0.25, 0.3) is 0 Å². The van der Waals surface area contributed by atoms with Gasteiger partial charge in [-0.3, -0.25) is 14.7 Å². The summed E-state index contributed by atoms with van der Waals surface area (Å²) in [6, 6.07) is 8.88. The molecule has 2 saturated carbocycles. The van der Waals surface area contributed by atoms with Crippen molar-refractivity contribution in [2.24, 2.45) is 16.7 Å². The number of rotatable bonds is 11. The molecule has 0 radical (unpaired) electrons. The molecule has 8 rings (SSSR count). The fourth-order valence-electron chi connectivity index (χ4n) is 11.5. The molecule has 0 spiro atoms. The lowest BCUT2D eigenvalue weighted by molar-refractivity contribution is -0.345. The van der Waals surface area contributed by atoms with E-state index in [2.05, 4.69) is 15.2 Å². The number of amides is 1. The van der Waals surface area contributed by atoms with E-state index in [0.29, 0.717) is 43.6 Å². The molecule has 6 aliphatic rings. The zero-order valence-corrected chi connectivity index (χ0v) is 38.9. The van der Waals surface area contributed by atoms with Gasteiger partial charge in [0.1, 0.15) is 53.2 Å². The number of aromatic nitrogens is 1. The highest BCUT2D eigenvalue weighted by molar-refractivity contribution is 5.89. The van der Waals surface area contributed by atoms with Crippen molar-refractivity contribution < 1.29 is 71.7 Å². The predicted molar refractivity (Wildman–Crippen MR) is 230 cm³/mol. The lowest BCUT2D eigenvalue weighted by atomic mass is 9.45. The van der Waals surface area contributed by atoms with Crippen LogP contribution in [0, 0.1) is 22.6 Å². The molecule has 1 aromatic carbocycles. The molecule has 18 heteroatoms. The van der Waals surface area contributed by atoms with Crippen molar-refractivity contribution in [2.75, 3.05) is 33.4 Å². The van der Waals surface area contributed by atoms with Gasteiger partial charge in [-0.25, -0.2) is 18.8 Å². The van der Waals surface area contributed by atoms with Gasteiger partial charge >= 0.3 is 24.0 Å². The minimum Gasteiger partial charge on any atom is -0.456 e. The van der Waals surface area contributed by atoms with Crippen molar-refractivity contribution in [1.82, 2.24) is 15.2 Å². The van der Waals surface area contributed by atoms with Crippen LogP contribution in [-0.2, 0) is 47.5 Å². The Morgan fingerprint density at radius 3 is 2.38 bits per heavy atom. The number of carbonyl (C=O) groups is 4. The number of carbonyl (C=O) groups excluding carboxylic acids is 4. The standard InChI is InChI=1S/C48H62FN3O14/c1-25-30(61-42(56)36(54)35(34-29(49)16-13-19-50-34)51-43(57)66-44(3,4)5)20-48(58)40(64-41(55)27-14-11-10-12-15-27)38-46(8,18-17-31-47(38,24-60-31)65-26(2)53)39-37(33(25)45(48,6)7)62-32(63-39)23-52-21-28(22-52)59-9/h10-16,19,28,30-32,35-40,54,58H,17-18,20-24H2,1-9H3,(H,51,57)/t30-,31+,32+,35-,36+,37+,38-,39+,40-,46+,47-,48+/m0/s1. The van der Waals surface area contributed by atoms with Crippen molar-refractivity contribution in [1.29, 1.82) is 0 Å². The number of aliphatic hydroxyl groups excluding tert-OH is 1. The number of nitrogens with zero attached hydrogens (tertiary/aromatic N) is 2. The van der Waals surface area contributed by atoms with Crippen LogP contribution in [0.2, 0.25) is 0 Å². The summed E-state index contributed by atoms with van der Waals surface area (Å²) in [5, 5.41) is 28.1. The molecule has 5 fully saturated rings. The van der Waals surface area contributed by atoms with Crippen molar-refractivity contribution in [3.63, 3.8) is 0 Å². The van der Waals surface area contributed by atoms with Gasteiger partial charge in [0.05, 0.1) is 30.3 Å². The molecule has 1 aromatic heterocycles. The number of alkyl carbamates (subject to hydrolysis) is 1. The van der Waals surface area contributed by atoms with Crippen LogP contribution in [0.5, 0.6) is 0 Å². The van der Waals surface area contributed by atoms with E-state index in [9.17, 15) is 29.4 Å². The van der Waals surface area contributed by atoms with Crippen molar-refractivity contribution in [3.8, 4) is 0 Å². The maximum atomic E-state index is 15.4.